The van der Waals surface area contributed by atoms with E-state index in [9.17, 15) is 4.39 Å². The van der Waals surface area contributed by atoms with Gasteiger partial charge in [-0.2, -0.15) is 0 Å². The molecule has 20 heavy (non-hydrogen) atoms. The first-order valence-corrected chi connectivity index (χ1v) is 7.39. The minimum atomic E-state index is -0.446. The minimum absolute atomic E-state index is 0.0745. The maximum absolute atomic E-state index is 13.2. The van der Waals surface area contributed by atoms with Crippen LogP contribution in [0.2, 0.25) is 5.02 Å². The van der Waals surface area contributed by atoms with Gasteiger partial charge in [-0.25, -0.2) is 4.39 Å². The molecule has 5 heteroatoms. The highest BCUT2D eigenvalue weighted by atomic mass is 79.9. The van der Waals surface area contributed by atoms with Crippen LogP contribution in [-0.2, 0) is 6.42 Å². The monoisotopic (exact) mass is 355 g/mol. The predicted molar refractivity (Wildman–Crippen MR) is 80.8 cm³/mol. The Labute approximate surface area is 129 Å². The maximum atomic E-state index is 13.2. The van der Waals surface area contributed by atoms with Crippen LogP contribution in [0.25, 0.3) is 0 Å². The minimum Gasteiger partial charge on any atom is -0.493 e. The Kier molecular flexibility index (Phi) is 3.71. The van der Waals surface area contributed by atoms with Crippen molar-refractivity contribution >= 4 is 27.5 Å². The molecule has 1 atom stereocenters. The highest BCUT2D eigenvalue weighted by Gasteiger charge is 2.22. The van der Waals surface area contributed by atoms with Crippen molar-refractivity contribution in [1.29, 1.82) is 0 Å². The Bertz CT molecular complexity index is 677. The molecule has 0 aliphatic carbocycles. The number of ether oxygens (including phenoxy) is 1. The van der Waals surface area contributed by atoms with Gasteiger partial charge in [0.1, 0.15) is 11.6 Å². The van der Waals surface area contributed by atoms with E-state index in [0.717, 1.165) is 33.3 Å². The van der Waals surface area contributed by atoms with Crippen molar-refractivity contribution in [3.8, 4) is 5.75 Å². The van der Waals surface area contributed by atoms with Crippen molar-refractivity contribution in [3.63, 3.8) is 0 Å². The van der Waals surface area contributed by atoms with Gasteiger partial charge < -0.3 is 10.5 Å². The van der Waals surface area contributed by atoms with E-state index in [4.69, 9.17) is 22.1 Å². The SMILES string of the molecule is NC(c1ccc(F)c(Cl)c1)c1cc(Br)cc2c1OCC2. The summed E-state index contributed by atoms with van der Waals surface area (Å²) in [6.07, 6.45) is 0.874. The molecule has 2 N–H and O–H groups in total. The Morgan fingerprint density at radius 1 is 1.30 bits per heavy atom. The third-order valence-corrected chi connectivity index (χ3v) is 4.16. The summed E-state index contributed by atoms with van der Waals surface area (Å²) in [4.78, 5) is 0. The third-order valence-electron chi connectivity index (χ3n) is 3.41. The molecule has 2 aromatic rings. The molecular formula is C15H12BrClFNO. The molecule has 3 rings (SSSR count). The van der Waals surface area contributed by atoms with Gasteiger partial charge in [-0.15, -0.1) is 0 Å². The first-order chi connectivity index (χ1) is 9.56. The average molecular weight is 357 g/mol. The molecule has 1 aliphatic rings. The van der Waals surface area contributed by atoms with Crippen LogP contribution in [0.5, 0.6) is 5.75 Å². The molecule has 104 valence electrons. The smallest absolute Gasteiger partial charge is 0.141 e. The molecule has 0 radical (unpaired) electrons. The zero-order chi connectivity index (χ0) is 14.3. The first-order valence-electron chi connectivity index (χ1n) is 6.22. The summed E-state index contributed by atoms with van der Waals surface area (Å²) in [6.45, 7) is 0.662. The van der Waals surface area contributed by atoms with E-state index in [1.165, 1.54) is 6.07 Å². The number of rotatable bonds is 2. The van der Waals surface area contributed by atoms with Gasteiger partial charge in [0.25, 0.3) is 0 Å². The summed E-state index contributed by atoms with van der Waals surface area (Å²) in [7, 11) is 0. The molecule has 0 bridgehead atoms. The van der Waals surface area contributed by atoms with Crippen molar-refractivity contribution in [1.82, 2.24) is 0 Å². The standard InChI is InChI=1S/C15H12BrClFNO/c16-10-5-9-3-4-20-15(9)11(7-10)14(19)8-1-2-13(18)12(17)6-8/h1-2,5-7,14H,3-4,19H2. The fraction of sp³-hybridized carbons (Fsp3) is 0.200. The van der Waals surface area contributed by atoms with Crippen molar-refractivity contribution in [2.45, 2.75) is 12.5 Å². The highest BCUT2D eigenvalue weighted by Crippen LogP contribution is 2.38. The fourth-order valence-electron chi connectivity index (χ4n) is 2.41. The van der Waals surface area contributed by atoms with Gasteiger partial charge in [-0.1, -0.05) is 33.6 Å². The largest absolute Gasteiger partial charge is 0.493 e. The number of hydrogen-bond acceptors (Lipinski definition) is 2. The van der Waals surface area contributed by atoms with Gasteiger partial charge in [0.15, 0.2) is 0 Å². The van der Waals surface area contributed by atoms with Gasteiger partial charge in [0.05, 0.1) is 17.7 Å². The molecule has 2 aromatic carbocycles. The second-order valence-electron chi connectivity index (χ2n) is 4.73. The molecule has 0 saturated carbocycles. The van der Waals surface area contributed by atoms with Crippen molar-refractivity contribution in [3.05, 3.63) is 62.3 Å². The second-order valence-corrected chi connectivity index (χ2v) is 6.06. The van der Waals surface area contributed by atoms with E-state index in [2.05, 4.69) is 15.9 Å². The number of halogens is 3. The lowest BCUT2D eigenvalue weighted by atomic mass is 9.96. The summed E-state index contributed by atoms with van der Waals surface area (Å²) in [5.41, 5.74) is 9.07. The quantitative estimate of drug-likeness (QED) is 0.874. The average Bonchev–Trinajstić information content (AvgIpc) is 2.88. The summed E-state index contributed by atoms with van der Waals surface area (Å²) >= 11 is 9.31. The van der Waals surface area contributed by atoms with Gasteiger partial charge in [0.2, 0.25) is 0 Å². The van der Waals surface area contributed by atoms with Crippen LogP contribution in [0.3, 0.4) is 0 Å². The van der Waals surface area contributed by atoms with Crippen LogP contribution in [0.15, 0.2) is 34.8 Å². The van der Waals surface area contributed by atoms with E-state index in [1.807, 2.05) is 12.1 Å². The lowest BCUT2D eigenvalue weighted by Crippen LogP contribution is -2.13. The Hall–Kier alpha value is -1.10. The van der Waals surface area contributed by atoms with Crippen molar-refractivity contribution in [2.75, 3.05) is 6.61 Å². The summed E-state index contributed by atoms with van der Waals surface area (Å²) in [6, 6.07) is 8.11. The van der Waals surface area contributed by atoms with Crippen molar-refractivity contribution in [2.24, 2.45) is 5.73 Å². The molecular weight excluding hydrogens is 345 g/mol. The Balaban J connectivity index is 2.06. The molecule has 0 saturated heterocycles. The van der Waals surface area contributed by atoms with E-state index < -0.39 is 11.9 Å². The number of nitrogens with two attached hydrogens (primary N) is 1. The van der Waals surface area contributed by atoms with E-state index in [0.29, 0.717) is 6.61 Å². The summed E-state index contributed by atoms with van der Waals surface area (Å²) in [5.74, 6) is 0.388. The van der Waals surface area contributed by atoms with Crippen LogP contribution >= 0.6 is 27.5 Å². The van der Waals surface area contributed by atoms with E-state index in [1.54, 1.807) is 12.1 Å². The maximum Gasteiger partial charge on any atom is 0.141 e. The molecule has 0 amide bonds. The highest BCUT2D eigenvalue weighted by molar-refractivity contribution is 9.10. The fourth-order valence-corrected chi connectivity index (χ4v) is 3.13. The zero-order valence-electron chi connectivity index (χ0n) is 10.5. The van der Waals surface area contributed by atoms with Crippen LogP contribution in [-0.4, -0.2) is 6.61 Å². The Morgan fingerprint density at radius 3 is 2.85 bits per heavy atom. The summed E-state index contributed by atoms with van der Waals surface area (Å²) in [5, 5.41) is 0.0745. The molecule has 1 aliphatic heterocycles. The van der Waals surface area contributed by atoms with Gasteiger partial charge >= 0.3 is 0 Å². The molecule has 0 aromatic heterocycles. The lowest BCUT2D eigenvalue weighted by Gasteiger charge is -2.17. The molecule has 0 fully saturated rings. The van der Waals surface area contributed by atoms with E-state index >= 15 is 0 Å². The molecule has 1 heterocycles. The summed E-state index contributed by atoms with van der Waals surface area (Å²) < 4.78 is 19.9. The molecule has 2 nitrogen and oxygen atoms in total. The predicted octanol–water partition coefficient (Wildman–Crippen LogP) is 4.22. The van der Waals surface area contributed by atoms with E-state index in [-0.39, 0.29) is 5.02 Å². The van der Waals surface area contributed by atoms with Gasteiger partial charge in [-0.3, -0.25) is 0 Å². The van der Waals surface area contributed by atoms with Crippen LogP contribution in [0.4, 0.5) is 4.39 Å². The molecule has 0 spiro atoms. The van der Waals surface area contributed by atoms with Crippen LogP contribution in [0, 0.1) is 5.82 Å². The van der Waals surface area contributed by atoms with Gasteiger partial charge in [0, 0.05) is 16.5 Å². The topological polar surface area (TPSA) is 35.2 Å². The number of hydrogen-bond donors (Lipinski definition) is 1. The second kappa shape index (κ2) is 5.35. The number of fused-ring (bicyclic) bond motifs is 1. The lowest BCUT2D eigenvalue weighted by molar-refractivity contribution is 0.352. The van der Waals surface area contributed by atoms with Crippen molar-refractivity contribution < 1.29 is 9.13 Å². The van der Waals surface area contributed by atoms with Crippen LogP contribution < -0.4 is 10.5 Å². The first kappa shape index (κ1) is 13.9. The Morgan fingerprint density at radius 2 is 2.10 bits per heavy atom. The molecule has 1 unspecified atom stereocenters. The normalized spacial score (nSPS) is 14.8. The third kappa shape index (κ3) is 2.43. The zero-order valence-corrected chi connectivity index (χ0v) is 12.8. The van der Waals surface area contributed by atoms with Crippen LogP contribution in [0.1, 0.15) is 22.7 Å². The van der Waals surface area contributed by atoms with Gasteiger partial charge in [-0.05, 0) is 35.4 Å². The number of benzene rings is 2.